The summed E-state index contributed by atoms with van der Waals surface area (Å²) < 4.78 is 5.39. The molecule has 0 saturated heterocycles. The van der Waals surface area contributed by atoms with Crippen LogP contribution >= 0.6 is 15.9 Å². The standard InChI is InChI=1S/C10H15BrO/c1-9(8-11)5-6-10-4-2-3-7-12-10/h2-4,7,9-10H,5-6,8H2,1H3. The summed E-state index contributed by atoms with van der Waals surface area (Å²) in [6.45, 7) is 2.25. The quantitative estimate of drug-likeness (QED) is 0.674. The molecular formula is C10H15BrO. The summed E-state index contributed by atoms with van der Waals surface area (Å²) in [5.74, 6) is 0.743. The molecule has 12 heavy (non-hydrogen) atoms. The van der Waals surface area contributed by atoms with Crippen LogP contribution in [0.1, 0.15) is 19.8 Å². The summed E-state index contributed by atoms with van der Waals surface area (Å²) in [7, 11) is 0. The van der Waals surface area contributed by atoms with Crippen molar-refractivity contribution in [1.29, 1.82) is 0 Å². The van der Waals surface area contributed by atoms with Crippen LogP contribution in [0.2, 0.25) is 0 Å². The Balaban J connectivity index is 2.15. The zero-order valence-electron chi connectivity index (χ0n) is 7.37. The number of allylic oxidation sites excluding steroid dienone is 2. The molecule has 0 N–H and O–H groups in total. The van der Waals surface area contributed by atoms with E-state index in [1.54, 1.807) is 6.26 Å². The summed E-state index contributed by atoms with van der Waals surface area (Å²) in [5.41, 5.74) is 0. The molecule has 0 spiro atoms. The van der Waals surface area contributed by atoms with Crippen LogP contribution in [0.5, 0.6) is 0 Å². The van der Waals surface area contributed by atoms with Crippen molar-refractivity contribution in [2.75, 3.05) is 5.33 Å². The second kappa shape index (κ2) is 5.41. The molecule has 2 unspecified atom stereocenters. The molecule has 68 valence electrons. The molecule has 0 aromatic heterocycles. The summed E-state index contributed by atoms with van der Waals surface area (Å²) in [5, 5.41) is 1.08. The smallest absolute Gasteiger partial charge is 0.116 e. The molecule has 2 heteroatoms. The Bertz CT molecular complexity index is 175. The van der Waals surface area contributed by atoms with Gasteiger partial charge in [-0.2, -0.15) is 0 Å². The minimum absolute atomic E-state index is 0.302. The Morgan fingerprint density at radius 1 is 1.50 bits per heavy atom. The van der Waals surface area contributed by atoms with Crippen LogP contribution in [-0.2, 0) is 4.74 Å². The van der Waals surface area contributed by atoms with Crippen molar-refractivity contribution in [1.82, 2.24) is 0 Å². The molecule has 0 aromatic rings. The fourth-order valence-corrected chi connectivity index (χ4v) is 1.44. The van der Waals surface area contributed by atoms with Crippen molar-refractivity contribution in [2.45, 2.75) is 25.9 Å². The molecule has 0 bridgehead atoms. The number of ether oxygens (including phenoxy) is 1. The average molecular weight is 231 g/mol. The first-order chi connectivity index (χ1) is 5.83. The van der Waals surface area contributed by atoms with Crippen LogP contribution in [0.15, 0.2) is 24.5 Å². The minimum atomic E-state index is 0.302. The second-order valence-electron chi connectivity index (χ2n) is 3.22. The summed E-state index contributed by atoms with van der Waals surface area (Å²) in [4.78, 5) is 0. The Morgan fingerprint density at radius 2 is 2.33 bits per heavy atom. The van der Waals surface area contributed by atoms with Crippen molar-refractivity contribution < 1.29 is 4.74 Å². The zero-order chi connectivity index (χ0) is 8.81. The topological polar surface area (TPSA) is 9.23 Å². The molecule has 1 nitrogen and oxygen atoms in total. The number of rotatable bonds is 4. The highest BCUT2D eigenvalue weighted by Gasteiger charge is 2.08. The van der Waals surface area contributed by atoms with E-state index in [1.807, 2.05) is 12.2 Å². The molecule has 0 amide bonds. The van der Waals surface area contributed by atoms with Crippen LogP contribution in [0.4, 0.5) is 0 Å². The first kappa shape index (κ1) is 9.85. The number of hydrogen-bond acceptors (Lipinski definition) is 1. The van der Waals surface area contributed by atoms with Gasteiger partial charge in [-0.15, -0.1) is 0 Å². The molecule has 2 atom stereocenters. The Kier molecular flexibility index (Phi) is 4.44. The van der Waals surface area contributed by atoms with E-state index in [9.17, 15) is 0 Å². The highest BCUT2D eigenvalue weighted by Crippen LogP contribution is 2.15. The van der Waals surface area contributed by atoms with Crippen LogP contribution in [-0.4, -0.2) is 11.4 Å². The highest BCUT2D eigenvalue weighted by atomic mass is 79.9. The molecule has 0 aliphatic carbocycles. The third-order valence-corrected chi connectivity index (χ3v) is 3.08. The molecule has 0 radical (unpaired) electrons. The second-order valence-corrected chi connectivity index (χ2v) is 3.87. The van der Waals surface area contributed by atoms with Crippen LogP contribution < -0.4 is 0 Å². The van der Waals surface area contributed by atoms with Gasteiger partial charge >= 0.3 is 0 Å². The van der Waals surface area contributed by atoms with Gasteiger partial charge in [-0.05, 0) is 30.9 Å². The van der Waals surface area contributed by atoms with Crippen LogP contribution in [0.25, 0.3) is 0 Å². The lowest BCUT2D eigenvalue weighted by atomic mass is 10.0. The molecule has 1 heterocycles. The molecule has 0 aromatic carbocycles. The largest absolute Gasteiger partial charge is 0.494 e. The van der Waals surface area contributed by atoms with Crippen molar-refractivity contribution in [3.8, 4) is 0 Å². The van der Waals surface area contributed by atoms with Gasteiger partial charge in [0.1, 0.15) is 6.10 Å². The molecular weight excluding hydrogens is 216 g/mol. The van der Waals surface area contributed by atoms with Gasteiger partial charge < -0.3 is 4.74 Å². The number of halogens is 1. The van der Waals surface area contributed by atoms with Gasteiger partial charge in [0.15, 0.2) is 0 Å². The fourth-order valence-electron chi connectivity index (χ4n) is 1.12. The van der Waals surface area contributed by atoms with Gasteiger partial charge in [-0.1, -0.05) is 28.9 Å². The van der Waals surface area contributed by atoms with E-state index in [0.717, 1.165) is 17.7 Å². The molecule has 1 aliphatic rings. The van der Waals surface area contributed by atoms with E-state index in [2.05, 4.69) is 28.9 Å². The number of alkyl halides is 1. The lowest BCUT2D eigenvalue weighted by Gasteiger charge is -2.16. The normalized spacial score (nSPS) is 23.7. The van der Waals surface area contributed by atoms with Crippen molar-refractivity contribution in [3.05, 3.63) is 24.5 Å². The summed E-state index contributed by atoms with van der Waals surface area (Å²) >= 11 is 3.47. The predicted molar refractivity (Wildman–Crippen MR) is 55.3 cm³/mol. The monoisotopic (exact) mass is 230 g/mol. The van der Waals surface area contributed by atoms with Gasteiger partial charge in [0.05, 0.1) is 6.26 Å². The summed E-state index contributed by atoms with van der Waals surface area (Å²) in [6, 6.07) is 0. The van der Waals surface area contributed by atoms with E-state index < -0.39 is 0 Å². The molecule has 0 saturated carbocycles. The van der Waals surface area contributed by atoms with Crippen molar-refractivity contribution in [3.63, 3.8) is 0 Å². The fraction of sp³-hybridized carbons (Fsp3) is 0.600. The van der Waals surface area contributed by atoms with Gasteiger partial charge in [-0.3, -0.25) is 0 Å². The van der Waals surface area contributed by atoms with E-state index in [-0.39, 0.29) is 0 Å². The van der Waals surface area contributed by atoms with Crippen LogP contribution in [0, 0.1) is 5.92 Å². The average Bonchev–Trinajstić information content (AvgIpc) is 2.16. The third kappa shape index (κ3) is 3.44. The van der Waals surface area contributed by atoms with Gasteiger partial charge in [0.2, 0.25) is 0 Å². The molecule has 0 fully saturated rings. The lowest BCUT2D eigenvalue weighted by Crippen LogP contribution is -2.10. The van der Waals surface area contributed by atoms with Gasteiger partial charge in [-0.25, -0.2) is 0 Å². The first-order valence-electron chi connectivity index (χ1n) is 4.37. The van der Waals surface area contributed by atoms with E-state index in [0.29, 0.717) is 6.10 Å². The molecule has 1 rings (SSSR count). The maximum absolute atomic E-state index is 5.39. The van der Waals surface area contributed by atoms with Crippen LogP contribution in [0.3, 0.4) is 0 Å². The first-order valence-corrected chi connectivity index (χ1v) is 5.50. The highest BCUT2D eigenvalue weighted by molar-refractivity contribution is 9.09. The van der Waals surface area contributed by atoms with E-state index in [1.165, 1.54) is 6.42 Å². The number of hydrogen-bond donors (Lipinski definition) is 0. The van der Waals surface area contributed by atoms with E-state index >= 15 is 0 Å². The SMILES string of the molecule is CC(CBr)CCC1C=CC=CO1. The Labute approximate surface area is 82.6 Å². The Hall–Kier alpha value is -0.240. The summed E-state index contributed by atoms with van der Waals surface area (Å²) in [6.07, 6.45) is 10.5. The maximum Gasteiger partial charge on any atom is 0.116 e. The van der Waals surface area contributed by atoms with Crippen molar-refractivity contribution in [2.24, 2.45) is 5.92 Å². The van der Waals surface area contributed by atoms with E-state index in [4.69, 9.17) is 4.74 Å². The lowest BCUT2D eigenvalue weighted by molar-refractivity contribution is 0.167. The van der Waals surface area contributed by atoms with Gasteiger partial charge in [0, 0.05) is 5.33 Å². The van der Waals surface area contributed by atoms with Crippen molar-refractivity contribution >= 4 is 15.9 Å². The van der Waals surface area contributed by atoms with Gasteiger partial charge in [0.25, 0.3) is 0 Å². The Morgan fingerprint density at radius 3 is 2.92 bits per heavy atom. The third-order valence-electron chi connectivity index (χ3n) is 1.98. The zero-order valence-corrected chi connectivity index (χ0v) is 8.96. The predicted octanol–water partition coefficient (Wildman–Crippen LogP) is 3.27. The molecule has 1 aliphatic heterocycles. The minimum Gasteiger partial charge on any atom is -0.494 e. The maximum atomic E-state index is 5.39.